The van der Waals surface area contributed by atoms with Crippen molar-refractivity contribution >= 4 is 5.95 Å². The van der Waals surface area contributed by atoms with Crippen molar-refractivity contribution < 1.29 is 0 Å². The van der Waals surface area contributed by atoms with Crippen LogP contribution in [-0.2, 0) is 7.05 Å². The lowest BCUT2D eigenvalue weighted by atomic mass is 9.79. The van der Waals surface area contributed by atoms with Crippen LogP contribution in [0.4, 0.5) is 5.95 Å². The standard InChI is InChI=1S/C13H22N4O2/c1-8-5-6-10(7-9(8)2)17-12(18)15-11(14-3)16(4)13(17)19/h8-10H,5-7H2,1-4H3,(H,14,15,18). The zero-order valence-corrected chi connectivity index (χ0v) is 12.0. The first-order valence-electron chi connectivity index (χ1n) is 6.83. The average Bonchev–Trinajstić information content (AvgIpc) is 2.38. The van der Waals surface area contributed by atoms with E-state index in [-0.39, 0.29) is 11.7 Å². The maximum atomic E-state index is 12.3. The van der Waals surface area contributed by atoms with Crippen molar-refractivity contribution in [2.75, 3.05) is 12.4 Å². The second-order valence-electron chi connectivity index (χ2n) is 5.60. The summed E-state index contributed by atoms with van der Waals surface area (Å²) in [6, 6.07) is -0.0178. The number of nitrogens with zero attached hydrogens (tertiary/aromatic N) is 3. The summed E-state index contributed by atoms with van der Waals surface area (Å²) >= 11 is 0. The predicted molar refractivity (Wildman–Crippen MR) is 74.5 cm³/mol. The number of hydrogen-bond acceptors (Lipinski definition) is 4. The number of anilines is 1. The Morgan fingerprint density at radius 2 is 1.89 bits per heavy atom. The number of nitrogens with one attached hydrogen (secondary N) is 1. The summed E-state index contributed by atoms with van der Waals surface area (Å²) in [7, 11) is 3.28. The molecule has 0 radical (unpaired) electrons. The maximum Gasteiger partial charge on any atom is 0.355 e. The van der Waals surface area contributed by atoms with Gasteiger partial charge in [0.2, 0.25) is 5.95 Å². The van der Waals surface area contributed by atoms with Crippen LogP contribution in [0.15, 0.2) is 9.59 Å². The van der Waals surface area contributed by atoms with Crippen molar-refractivity contribution in [1.82, 2.24) is 14.1 Å². The van der Waals surface area contributed by atoms with E-state index in [4.69, 9.17) is 0 Å². The molecule has 0 bridgehead atoms. The Bertz CT molecular complexity index is 575. The van der Waals surface area contributed by atoms with E-state index in [2.05, 4.69) is 24.1 Å². The topological polar surface area (TPSA) is 68.9 Å². The Kier molecular flexibility index (Phi) is 3.78. The SMILES string of the molecule is CNc1nc(=O)n(C2CCC(C)C(C)C2)c(=O)n1C. The van der Waals surface area contributed by atoms with E-state index in [1.54, 1.807) is 14.1 Å². The van der Waals surface area contributed by atoms with Gasteiger partial charge in [0.1, 0.15) is 0 Å². The van der Waals surface area contributed by atoms with E-state index in [0.717, 1.165) is 19.3 Å². The third kappa shape index (κ3) is 2.43. The minimum absolute atomic E-state index is 0.0178. The van der Waals surface area contributed by atoms with Gasteiger partial charge in [-0.2, -0.15) is 4.98 Å². The Hall–Kier alpha value is -1.59. The molecule has 6 heteroatoms. The van der Waals surface area contributed by atoms with E-state index < -0.39 is 5.69 Å². The largest absolute Gasteiger partial charge is 0.358 e. The van der Waals surface area contributed by atoms with Crippen LogP contribution in [0, 0.1) is 11.8 Å². The molecule has 1 N–H and O–H groups in total. The Labute approximate surface area is 112 Å². The fraction of sp³-hybridized carbons (Fsp3) is 0.769. The number of aromatic nitrogens is 3. The molecule has 2 rings (SSSR count). The molecule has 106 valence electrons. The van der Waals surface area contributed by atoms with Crippen molar-refractivity contribution in [2.45, 2.75) is 39.2 Å². The Morgan fingerprint density at radius 3 is 2.47 bits per heavy atom. The highest BCUT2D eigenvalue weighted by Crippen LogP contribution is 2.34. The van der Waals surface area contributed by atoms with Gasteiger partial charge in [-0.3, -0.25) is 4.57 Å². The van der Waals surface area contributed by atoms with E-state index in [9.17, 15) is 9.59 Å². The summed E-state index contributed by atoms with van der Waals surface area (Å²) in [5.74, 6) is 1.49. The lowest BCUT2D eigenvalue weighted by molar-refractivity contribution is 0.201. The molecule has 1 aliphatic rings. The minimum Gasteiger partial charge on any atom is -0.358 e. The third-order valence-corrected chi connectivity index (χ3v) is 4.38. The summed E-state index contributed by atoms with van der Waals surface area (Å²) in [6.45, 7) is 4.41. The van der Waals surface area contributed by atoms with Gasteiger partial charge >= 0.3 is 11.4 Å². The Balaban J connectivity index is 2.44. The van der Waals surface area contributed by atoms with Gasteiger partial charge in [0.15, 0.2) is 0 Å². The zero-order valence-electron chi connectivity index (χ0n) is 12.0. The van der Waals surface area contributed by atoms with Crippen LogP contribution in [0.2, 0.25) is 0 Å². The first-order valence-corrected chi connectivity index (χ1v) is 6.83. The summed E-state index contributed by atoms with van der Waals surface area (Å²) in [4.78, 5) is 28.3. The summed E-state index contributed by atoms with van der Waals surface area (Å²) in [6.07, 6.45) is 2.80. The molecule has 3 unspecified atom stereocenters. The van der Waals surface area contributed by atoms with E-state index in [0.29, 0.717) is 17.8 Å². The fourth-order valence-corrected chi connectivity index (χ4v) is 2.84. The molecule has 1 fully saturated rings. The van der Waals surface area contributed by atoms with Crippen molar-refractivity contribution in [2.24, 2.45) is 18.9 Å². The lowest BCUT2D eigenvalue weighted by Gasteiger charge is -2.32. The second kappa shape index (κ2) is 5.19. The molecule has 1 aromatic rings. The molecule has 0 spiro atoms. The highest BCUT2D eigenvalue weighted by Gasteiger charge is 2.28. The van der Waals surface area contributed by atoms with Gasteiger partial charge in [0.05, 0.1) is 0 Å². The van der Waals surface area contributed by atoms with Gasteiger partial charge in [-0.25, -0.2) is 14.2 Å². The molecule has 0 saturated heterocycles. The second-order valence-corrected chi connectivity index (χ2v) is 5.60. The summed E-state index contributed by atoms with van der Waals surface area (Å²) in [5, 5.41) is 2.76. The normalized spacial score (nSPS) is 27.3. The molecule has 1 aromatic heterocycles. The molecule has 0 aliphatic heterocycles. The first kappa shape index (κ1) is 13.8. The van der Waals surface area contributed by atoms with Crippen molar-refractivity contribution in [3.63, 3.8) is 0 Å². The molecule has 3 atom stereocenters. The van der Waals surface area contributed by atoms with Gasteiger partial charge in [0, 0.05) is 20.1 Å². The first-order chi connectivity index (χ1) is 8.95. The minimum atomic E-state index is -0.445. The van der Waals surface area contributed by atoms with E-state index in [1.807, 2.05) is 0 Å². The molecule has 19 heavy (non-hydrogen) atoms. The van der Waals surface area contributed by atoms with Gasteiger partial charge in [0.25, 0.3) is 0 Å². The quantitative estimate of drug-likeness (QED) is 0.866. The number of hydrogen-bond donors (Lipinski definition) is 1. The third-order valence-electron chi connectivity index (χ3n) is 4.38. The predicted octanol–water partition coefficient (Wildman–Crippen LogP) is 0.981. The molecule has 1 aliphatic carbocycles. The van der Waals surface area contributed by atoms with Gasteiger partial charge in [-0.1, -0.05) is 13.8 Å². The fourth-order valence-electron chi connectivity index (χ4n) is 2.84. The van der Waals surface area contributed by atoms with Crippen molar-refractivity contribution in [3.8, 4) is 0 Å². The van der Waals surface area contributed by atoms with Crippen molar-refractivity contribution in [3.05, 3.63) is 21.0 Å². The Morgan fingerprint density at radius 1 is 1.21 bits per heavy atom. The molecule has 1 heterocycles. The lowest BCUT2D eigenvalue weighted by Crippen LogP contribution is -2.45. The zero-order chi connectivity index (χ0) is 14.2. The maximum absolute atomic E-state index is 12.3. The van der Waals surface area contributed by atoms with E-state index in [1.165, 1.54) is 9.13 Å². The molecule has 0 aromatic carbocycles. The smallest absolute Gasteiger partial charge is 0.355 e. The van der Waals surface area contributed by atoms with Gasteiger partial charge in [-0.15, -0.1) is 0 Å². The van der Waals surface area contributed by atoms with Crippen molar-refractivity contribution in [1.29, 1.82) is 0 Å². The average molecular weight is 266 g/mol. The summed E-state index contributed by atoms with van der Waals surface area (Å²) in [5.41, 5.74) is -0.727. The van der Waals surface area contributed by atoms with Crippen LogP contribution in [0.1, 0.15) is 39.2 Å². The van der Waals surface area contributed by atoms with Gasteiger partial charge < -0.3 is 5.32 Å². The van der Waals surface area contributed by atoms with E-state index >= 15 is 0 Å². The molecular formula is C13H22N4O2. The molecule has 6 nitrogen and oxygen atoms in total. The molecule has 1 saturated carbocycles. The summed E-state index contributed by atoms with van der Waals surface area (Å²) < 4.78 is 2.72. The van der Waals surface area contributed by atoms with Crippen LogP contribution >= 0.6 is 0 Å². The molecule has 0 amide bonds. The highest BCUT2D eigenvalue weighted by molar-refractivity contribution is 5.21. The van der Waals surface area contributed by atoms with Crippen LogP contribution in [0.3, 0.4) is 0 Å². The highest BCUT2D eigenvalue weighted by atomic mass is 16.2. The number of rotatable bonds is 2. The van der Waals surface area contributed by atoms with Gasteiger partial charge in [-0.05, 0) is 31.1 Å². The molecular weight excluding hydrogens is 244 g/mol. The van der Waals surface area contributed by atoms with Crippen LogP contribution in [0.25, 0.3) is 0 Å². The monoisotopic (exact) mass is 266 g/mol. The van der Waals surface area contributed by atoms with Crippen LogP contribution < -0.4 is 16.7 Å². The van der Waals surface area contributed by atoms with Crippen LogP contribution in [-0.4, -0.2) is 21.2 Å². The van der Waals surface area contributed by atoms with Crippen LogP contribution in [0.5, 0.6) is 0 Å².